The molecular formula is C38H57N5O10S. The largest absolute Gasteiger partial charge is 0.467 e. The molecular weight excluding hydrogens is 719 g/mol. The predicted molar refractivity (Wildman–Crippen MR) is 201 cm³/mol. The number of likely N-dealkylation sites (tertiary alicyclic amines) is 1. The second-order valence-electron chi connectivity index (χ2n) is 15.3. The van der Waals surface area contributed by atoms with Crippen LogP contribution in [0.25, 0.3) is 0 Å². The highest BCUT2D eigenvalue weighted by Crippen LogP contribution is 2.45. The summed E-state index contributed by atoms with van der Waals surface area (Å²) in [5.74, 6) is -2.45. The molecule has 4 rings (SSSR count). The normalized spacial score (nSPS) is 21.7. The SMILES string of the molecule is C=CC1CC1(NC(=O)[C@@H]1CCCN1C(=O)OC(C)(C)C)C(=O)NS(=O)(=O)c1ccccc1NCCCCCCC[C@H](NC(=O)OC1CCCC1)C(=O)OC. The number of amides is 4. The summed E-state index contributed by atoms with van der Waals surface area (Å²) in [5.41, 5.74) is -1.96. The molecule has 0 spiro atoms. The molecule has 0 radical (unpaired) electrons. The van der Waals surface area contributed by atoms with E-state index in [1.807, 2.05) is 0 Å². The summed E-state index contributed by atoms with van der Waals surface area (Å²) < 4.78 is 45.1. The minimum absolute atomic E-state index is 0.107. The predicted octanol–water partition coefficient (Wildman–Crippen LogP) is 4.91. The summed E-state index contributed by atoms with van der Waals surface area (Å²) in [4.78, 5) is 65.6. The lowest BCUT2D eigenvalue weighted by molar-refractivity contribution is -0.143. The molecule has 2 unspecified atom stereocenters. The number of alkyl carbamates (subject to hydrolysis) is 1. The molecule has 300 valence electrons. The van der Waals surface area contributed by atoms with Crippen LogP contribution >= 0.6 is 0 Å². The molecule has 1 aromatic carbocycles. The van der Waals surface area contributed by atoms with Gasteiger partial charge in [-0.25, -0.2) is 27.5 Å². The van der Waals surface area contributed by atoms with Gasteiger partial charge in [0.05, 0.1) is 12.8 Å². The van der Waals surface area contributed by atoms with Gasteiger partial charge in [0, 0.05) is 19.0 Å². The van der Waals surface area contributed by atoms with Crippen LogP contribution < -0.4 is 20.7 Å². The van der Waals surface area contributed by atoms with E-state index in [0.29, 0.717) is 44.5 Å². The van der Waals surface area contributed by atoms with Gasteiger partial charge < -0.3 is 30.2 Å². The maximum Gasteiger partial charge on any atom is 0.410 e. The highest BCUT2D eigenvalue weighted by molar-refractivity contribution is 7.90. The summed E-state index contributed by atoms with van der Waals surface area (Å²) in [6.07, 6.45) is 9.35. The van der Waals surface area contributed by atoms with Gasteiger partial charge in [0.25, 0.3) is 15.9 Å². The lowest BCUT2D eigenvalue weighted by atomic mass is 10.1. The van der Waals surface area contributed by atoms with Crippen molar-refractivity contribution in [1.82, 2.24) is 20.3 Å². The number of benzene rings is 1. The number of hydrogen-bond acceptors (Lipinski definition) is 11. The van der Waals surface area contributed by atoms with Crippen molar-refractivity contribution in [1.29, 1.82) is 0 Å². The Labute approximate surface area is 318 Å². The molecule has 15 nitrogen and oxygen atoms in total. The third-order valence-electron chi connectivity index (χ3n) is 9.98. The molecule has 3 fully saturated rings. The van der Waals surface area contributed by atoms with Crippen molar-refractivity contribution in [2.75, 3.05) is 25.5 Å². The van der Waals surface area contributed by atoms with Crippen LogP contribution in [0.2, 0.25) is 0 Å². The molecule has 3 aliphatic rings. The fourth-order valence-electron chi connectivity index (χ4n) is 6.98. The van der Waals surface area contributed by atoms with E-state index in [9.17, 15) is 32.4 Å². The molecule has 1 heterocycles. The van der Waals surface area contributed by atoms with Crippen LogP contribution in [0.1, 0.15) is 104 Å². The summed E-state index contributed by atoms with van der Waals surface area (Å²) in [5, 5.41) is 8.55. The zero-order valence-electron chi connectivity index (χ0n) is 31.9. The van der Waals surface area contributed by atoms with Crippen LogP contribution in [-0.4, -0.2) is 92.8 Å². The Morgan fingerprint density at radius 1 is 1.00 bits per heavy atom. The first-order valence-electron chi connectivity index (χ1n) is 19.0. The Hall–Kier alpha value is -4.34. The molecule has 4 N–H and O–H groups in total. The summed E-state index contributed by atoms with van der Waals surface area (Å²) in [6.45, 7) is 9.74. The van der Waals surface area contributed by atoms with Gasteiger partial charge in [0.2, 0.25) is 5.91 Å². The molecule has 1 saturated heterocycles. The number of hydrogen-bond donors (Lipinski definition) is 4. The minimum atomic E-state index is -4.36. The summed E-state index contributed by atoms with van der Waals surface area (Å²) in [7, 11) is -3.08. The second-order valence-corrected chi connectivity index (χ2v) is 16.9. The van der Waals surface area contributed by atoms with Crippen LogP contribution in [0.15, 0.2) is 41.8 Å². The molecule has 2 aliphatic carbocycles. The first-order chi connectivity index (χ1) is 25.6. The van der Waals surface area contributed by atoms with Gasteiger partial charge in [-0.2, -0.15) is 0 Å². The molecule has 2 saturated carbocycles. The number of carbonyl (C=O) groups is 5. The monoisotopic (exact) mass is 775 g/mol. The fourth-order valence-corrected chi connectivity index (χ4v) is 8.21. The van der Waals surface area contributed by atoms with Gasteiger partial charge in [-0.1, -0.05) is 43.9 Å². The first-order valence-corrected chi connectivity index (χ1v) is 20.5. The highest BCUT2D eigenvalue weighted by atomic mass is 32.2. The van der Waals surface area contributed by atoms with Gasteiger partial charge >= 0.3 is 18.2 Å². The van der Waals surface area contributed by atoms with Crippen LogP contribution in [0, 0.1) is 5.92 Å². The fraction of sp³-hybridized carbons (Fsp3) is 0.658. The van der Waals surface area contributed by atoms with Gasteiger partial charge in [0.1, 0.15) is 34.2 Å². The number of nitrogens with one attached hydrogen (secondary N) is 4. The van der Waals surface area contributed by atoms with Gasteiger partial charge in [-0.05, 0) is 90.7 Å². The molecule has 54 heavy (non-hydrogen) atoms. The van der Waals surface area contributed by atoms with Crippen LogP contribution in [0.5, 0.6) is 0 Å². The van der Waals surface area contributed by atoms with Crippen LogP contribution in [-0.2, 0) is 38.6 Å². The third kappa shape index (κ3) is 11.6. The average Bonchev–Trinajstić information content (AvgIpc) is 3.41. The zero-order chi connectivity index (χ0) is 39.5. The Morgan fingerprint density at radius 3 is 2.35 bits per heavy atom. The number of rotatable bonds is 18. The van der Waals surface area contributed by atoms with Crippen molar-refractivity contribution in [3.63, 3.8) is 0 Å². The van der Waals surface area contributed by atoms with E-state index in [0.717, 1.165) is 51.4 Å². The summed E-state index contributed by atoms with van der Waals surface area (Å²) >= 11 is 0. The maximum atomic E-state index is 13.6. The van der Waals surface area contributed by atoms with Crippen molar-refractivity contribution in [3.05, 3.63) is 36.9 Å². The number of carbonyl (C=O) groups excluding carboxylic acids is 5. The topological polar surface area (TPSA) is 199 Å². The lowest BCUT2D eigenvalue weighted by Crippen LogP contribution is -2.56. The maximum absolute atomic E-state index is 13.6. The van der Waals surface area contributed by atoms with Gasteiger partial charge in [0.15, 0.2) is 0 Å². The van der Waals surface area contributed by atoms with Crippen molar-refractivity contribution in [2.45, 2.75) is 138 Å². The summed E-state index contributed by atoms with van der Waals surface area (Å²) in [6, 6.07) is 4.62. The minimum Gasteiger partial charge on any atom is -0.467 e. The van der Waals surface area contributed by atoms with E-state index < -0.39 is 69.1 Å². The Kier molecular flexibility index (Phi) is 14.8. The van der Waals surface area contributed by atoms with Crippen molar-refractivity contribution in [2.24, 2.45) is 5.92 Å². The Morgan fingerprint density at radius 2 is 1.69 bits per heavy atom. The average molecular weight is 776 g/mol. The number of nitrogens with zero attached hydrogens (tertiary/aromatic N) is 1. The smallest absolute Gasteiger partial charge is 0.410 e. The molecule has 0 bridgehead atoms. The van der Waals surface area contributed by atoms with Crippen molar-refractivity contribution in [3.8, 4) is 0 Å². The van der Waals surface area contributed by atoms with Crippen LogP contribution in [0.4, 0.5) is 15.3 Å². The van der Waals surface area contributed by atoms with E-state index in [1.165, 1.54) is 24.2 Å². The highest BCUT2D eigenvalue weighted by Gasteiger charge is 2.61. The molecule has 1 aromatic rings. The number of methoxy groups -OCH3 is 1. The Balaban J connectivity index is 1.25. The number of para-hydroxylation sites is 1. The number of sulfonamides is 1. The molecule has 4 atom stereocenters. The lowest BCUT2D eigenvalue weighted by Gasteiger charge is -2.29. The molecule has 0 aromatic heterocycles. The first kappa shape index (κ1) is 42.4. The van der Waals surface area contributed by atoms with E-state index in [2.05, 4.69) is 27.3 Å². The van der Waals surface area contributed by atoms with Crippen molar-refractivity contribution < 1.29 is 46.6 Å². The standard InChI is InChI=1S/C38H57N5O10S/c1-6-26-25-38(26,41-32(44)30-21-16-24-43(30)36(48)53-37(2,3)4)34(46)42-54(49,50)31-22-14-13-19-28(31)39-23-15-9-7-8-10-20-29(33(45)51-5)40-35(47)52-27-17-11-12-18-27/h6,13-14,19,22,26-27,29-30,39H,1,7-12,15-18,20-21,23-25H2,2-5H3,(H,40,47)(H,41,44)(H,42,46)/t26?,29-,30-,38?/m0/s1. The molecule has 16 heteroatoms. The molecule has 1 aliphatic heterocycles. The van der Waals surface area contributed by atoms with Crippen LogP contribution in [0.3, 0.4) is 0 Å². The zero-order valence-corrected chi connectivity index (χ0v) is 32.8. The Bertz CT molecular complexity index is 1620. The quantitative estimate of drug-likeness (QED) is 0.0684. The number of unbranched alkanes of at least 4 members (excludes halogenated alkanes) is 4. The number of anilines is 1. The number of ether oxygens (including phenoxy) is 3. The van der Waals surface area contributed by atoms with Gasteiger partial charge in [-0.15, -0.1) is 6.58 Å². The van der Waals surface area contributed by atoms with E-state index in [-0.39, 0.29) is 17.4 Å². The van der Waals surface area contributed by atoms with E-state index >= 15 is 0 Å². The van der Waals surface area contributed by atoms with Gasteiger partial charge in [-0.3, -0.25) is 14.5 Å². The van der Waals surface area contributed by atoms with E-state index in [1.54, 1.807) is 39.0 Å². The third-order valence-corrected chi connectivity index (χ3v) is 11.4. The van der Waals surface area contributed by atoms with Crippen molar-refractivity contribution >= 4 is 45.7 Å². The molecule has 4 amide bonds. The number of esters is 1. The second kappa shape index (κ2) is 18.8. The van der Waals surface area contributed by atoms with E-state index in [4.69, 9.17) is 14.2 Å².